The highest BCUT2D eigenvalue weighted by atomic mass is 16.7. The summed E-state index contributed by atoms with van der Waals surface area (Å²) in [6.45, 7) is 9.25. The van der Waals surface area contributed by atoms with Crippen molar-refractivity contribution in [2.75, 3.05) is 19.7 Å². The van der Waals surface area contributed by atoms with Crippen molar-refractivity contribution in [3.8, 4) is 0 Å². The Balaban J connectivity index is 2.50. The Kier molecular flexibility index (Phi) is 8.89. The molecule has 0 unspecified atom stereocenters. The lowest BCUT2D eigenvalue weighted by molar-refractivity contribution is -0.402. The molecule has 0 saturated heterocycles. The van der Waals surface area contributed by atoms with Crippen LogP contribution in [0.25, 0.3) is 0 Å². The maximum Gasteiger partial charge on any atom is 0.433 e. The number of furan rings is 1. The number of hydroxylamine groups is 1. The van der Waals surface area contributed by atoms with Crippen molar-refractivity contribution < 1.29 is 29.4 Å². The van der Waals surface area contributed by atoms with Crippen molar-refractivity contribution in [3.05, 3.63) is 28.0 Å². The molecule has 0 atom stereocenters. The van der Waals surface area contributed by atoms with Crippen molar-refractivity contribution in [1.82, 2.24) is 16.1 Å². The Morgan fingerprint density at radius 2 is 1.90 bits per heavy atom. The van der Waals surface area contributed by atoms with Crippen LogP contribution >= 0.6 is 0 Å². The monoisotopic (exact) mass is 428 g/mol. The van der Waals surface area contributed by atoms with Crippen LogP contribution in [0.15, 0.2) is 26.9 Å². The summed E-state index contributed by atoms with van der Waals surface area (Å²) >= 11 is 0. The van der Waals surface area contributed by atoms with Gasteiger partial charge in [-0.3, -0.25) is 19.7 Å². The number of oxime groups is 2. The van der Waals surface area contributed by atoms with E-state index in [4.69, 9.17) is 14.5 Å². The van der Waals surface area contributed by atoms with Crippen molar-refractivity contribution in [2.24, 2.45) is 10.3 Å². The number of nitrogens with zero attached hydrogens (tertiary/aromatic N) is 3. The quantitative estimate of drug-likeness (QED) is 0.107. The van der Waals surface area contributed by atoms with Gasteiger partial charge in [-0.15, -0.1) is 0 Å². The van der Waals surface area contributed by atoms with E-state index in [9.17, 15) is 20.1 Å². The molecule has 1 aromatic rings. The van der Waals surface area contributed by atoms with Gasteiger partial charge in [0, 0.05) is 6.54 Å². The van der Waals surface area contributed by atoms with E-state index in [0.29, 0.717) is 12.3 Å². The van der Waals surface area contributed by atoms with Crippen LogP contribution in [0, 0.1) is 10.1 Å². The summed E-state index contributed by atoms with van der Waals surface area (Å²) in [4.78, 5) is 27.3. The largest absolute Gasteiger partial charge is 0.433 e. The lowest BCUT2D eigenvalue weighted by Crippen LogP contribution is -2.52. The number of carbonyl (C=O) groups is 1. The summed E-state index contributed by atoms with van der Waals surface area (Å²) in [5, 5.41) is 40.8. The second kappa shape index (κ2) is 10.7. The molecule has 0 spiro atoms. The number of nitrogens with one attached hydrogen (secondary N) is 3. The van der Waals surface area contributed by atoms with E-state index < -0.39 is 27.8 Å². The zero-order chi connectivity index (χ0) is 22.9. The molecule has 168 valence electrons. The molecule has 13 heteroatoms. The van der Waals surface area contributed by atoms with Gasteiger partial charge in [0.1, 0.15) is 4.92 Å². The second-order valence-corrected chi connectivity index (χ2v) is 7.44. The first-order valence-corrected chi connectivity index (χ1v) is 9.01. The molecular weight excluding hydrogens is 400 g/mol. The minimum Gasteiger partial charge on any atom is -0.411 e. The van der Waals surface area contributed by atoms with E-state index in [0.717, 1.165) is 6.07 Å². The standard InChI is InChI=1S/C17H28N6O7/c1-11(20-25)16(2,3)19-8-9-29-22-17(4,5)13(21-26)10-18-15(24)12-6-7-14(30-12)23(27)28/h6-7,19,22,25-26H,8-10H2,1-5H3,(H,18,24). The van der Waals surface area contributed by atoms with Gasteiger partial charge in [-0.05, 0) is 40.7 Å². The lowest BCUT2D eigenvalue weighted by atomic mass is 9.99. The van der Waals surface area contributed by atoms with Crippen LogP contribution in [-0.4, -0.2) is 63.4 Å². The van der Waals surface area contributed by atoms with Crippen LogP contribution in [0.3, 0.4) is 0 Å². The van der Waals surface area contributed by atoms with Gasteiger partial charge in [0.15, 0.2) is 5.76 Å². The summed E-state index contributed by atoms with van der Waals surface area (Å²) < 4.78 is 4.82. The molecule has 30 heavy (non-hydrogen) atoms. The highest BCUT2D eigenvalue weighted by Crippen LogP contribution is 2.15. The first-order chi connectivity index (χ1) is 13.9. The van der Waals surface area contributed by atoms with Crippen molar-refractivity contribution in [1.29, 1.82) is 0 Å². The molecule has 1 amide bonds. The fourth-order valence-electron chi connectivity index (χ4n) is 2.14. The normalized spacial score (nSPS) is 13.4. The molecule has 13 nitrogen and oxygen atoms in total. The lowest BCUT2D eigenvalue weighted by Gasteiger charge is -2.28. The Labute approximate surface area is 173 Å². The average molecular weight is 428 g/mol. The Morgan fingerprint density at radius 3 is 2.43 bits per heavy atom. The number of nitro groups is 1. The molecule has 0 aliphatic carbocycles. The van der Waals surface area contributed by atoms with Gasteiger partial charge < -0.3 is 25.5 Å². The first-order valence-electron chi connectivity index (χ1n) is 9.01. The number of hydrogen-bond donors (Lipinski definition) is 5. The van der Waals surface area contributed by atoms with Gasteiger partial charge in [-0.25, -0.2) is 0 Å². The van der Waals surface area contributed by atoms with E-state index in [-0.39, 0.29) is 24.6 Å². The minimum absolute atomic E-state index is 0.147. The molecule has 0 aliphatic heterocycles. The van der Waals surface area contributed by atoms with Gasteiger partial charge >= 0.3 is 5.88 Å². The molecule has 0 aromatic carbocycles. The van der Waals surface area contributed by atoms with Gasteiger partial charge in [0.2, 0.25) is 0 Å². The van der Waals surface area contributed by atoms with Crippen LogP contribution in [0.4, 0.5) is 5.88 Å². The fourth-order valence-corrected chi connectivity index (χ4v) is 2.14. The van der Waals surface area contributed by atoms with Crippen LogP contribution in [0.2, 0.25) is 0 Å². The number of hydrogen-bond acceptors (Lipinski definition) is 11. The molecule has 0 bridgehead atoms. The van der Waals surface area contributed by atoms with E-state index in [1.54, 1.807) is 20.8 Å². The molecule has 1 rings (SSSR count). The predicted molar refractivity (Wildman–Crippen MR) is 107 cm³/mol. The van der Waals surface area contributed by atoms with Crippen LogP contribution in [0.1, 0.15) is 45.2 Å². The van der Waals surface area contributed by atoms with Crippen LogP contribution in [0.5, 0.6) is 0 Å². The maximum atomic E-state index is 12.0. The molecule has 0 saturated carbocycles. The SMILES string of the molecule is CC(=NO)C(C)(C)NCCONC(C)(C)C(CNC(=O)c1ccc([N+](=O)[O-])o1)=NO. The van der Waals surface area contributed by atoms with Crippen molar-refractivity contribution in [3.63, 3.8) is 0 Å². The predicted octanol–water partition coefficient (Wildman–Crippen LogP) is 1.27. The molecule has 0 aliphatic rings. The van der Waals surface area contributed by atoms with Crippen molar-refractivity contribution in [2.45, 2.75) is 45.7 Å². The van der Waals surface area contributed by atoms with E-state index in [2.05, 4.69) is 26.4 Å². The highest BCUT2D eigenvalue weighted by molar-refractivity contribution is 5.99. The summed E-state index contributed by atoms with van der Waals surface area (Å²) in [7, 11) is 0. The van der Waals surface area contributed by atoms with E-state index in [1.807, 2.05) is 13.8 Å². The maximum absolute atomic E-state index is 12.0. The zero-order valence-electron chi connectivity index (χ0n) is 17.6. The Bertz CT molecular complexity index is 800. The summed E-state index contributed by atoms with van der Waals surface area (Å²) in [5.74, 6) is -1.49. The highest BCUT2D eigenvalue weighted by Gasteiger charge is 2.28. The van der Waals surface area contributed by atoms with Gasteiger partial charge in [-0.2, -0.15) is 5.48 Å². The molecule has 0 fully saturated rings. The molecular formula is C17H28N6O7. The molecule has 1 aromatic heterocycles. The zero-order valence-corrected chi connectivity index (χ0v) is 17.6. The first kappa shape index (κ1) is 25.0. The van der Waals surface area contributed by atoms with Crippen LogP contribution < -0.4 is 16.1 Å². The second-order valence-electron chi connectivity index (χ2n) is 7.44. The van der Waals surface area contributed by atoms with Crippen molar-refractivity contribution >= 4 is 23.2 Å². The third kappa shape index (κ3) is 7.09. The topological polar surface area (TPSA) is 184 Å². The number of carbonyl (C=O) groups excluding carboxylic acids is 1. The van der Waals surface area contributed by atoms with Gasteiger partial charge in [0.25, 0.3) is 5.91 Å². The summed E-state index contributed by atoms with van der Waals surface area (Å²) in [6.07, 6.45) is 0. The van der Waals surface area contributed by atoms with Gasteiger partial charge in [-0.1, -0.05) is 10.3 Å². The molecule has 5 N–H and O–H groups in total. The van der Waals surface area contributed by atoms with E-state index >= 15 is 0 Å². The molecule has 0 radical (unpaired) electrons. The Morgan fingerprint density at radius 1 is 1.23 bits per heavy atom. The third-order valence-electron chi connectivity index (χ3n) is 4.41. The van der Waals surface area contributed by atoms with E-state index in [1.165, 1.54) is 6.07 Å². The summed E-state index contributed by atoms with van der Waals surface area (Å²) in [6, 6.07) is 2.24. The smallest absolute Gasteiger partial charge is 0.411 e. The van der Waals surface area contributed by atoms with Gasteiger partial charge in [0.05, 0.1) is 41.7 Å². The fraction of sp³-hybridized carbons (Fsp3) is 0.588. The number of amides is 1. The molecule has 1 heterocycles. The minimum atomic E-state index is -0.949. The van der Waals surface area contributed by atoms with Crippen LogP contribution in [-0.2, 0) is 4.84 Å². The third-order valence-corrected chi connectivity index (χ3v) is 4.41. The summed E-state index contributed by atoms with van der Waals surface area (Å²) in [5.41, 5.74) is 1.94. The average Bonchev–Trinajstić information content (AvgIpc) is 3.17. The Hall–Kier alpha value is -3.03. The number of rotatable bonds is 12.